The van der Waals surface area contributed by atoms with E-state index in [0.717, 1.165) is 24.6 Å². The molecule has 24 heavy (non-hydrogen) atoms. The Hall–Kier alpha value is -1.86. The second-order valence-corrected chi connectivity index (χ2v) is 6.98. The minimum Gasteiger partial charge on any atom is -0.355 e. The van der Waals surface area contributed by atoms with E-state index in [9.17, 15) is 8.78 Å². The Balaban J connectivity index is 2.05. The van der Waals surface area contributed by atoms with Crippen molar-refractivity contribution in [3.63, 3.8) is 0 Å². The first-order valence-corrected chi connectivity index (χ1v) is 8.99. The molecule has 124 valence electrons. The number of thioether (sulfide) groups is 1. The van der Waals surface area contributed by atoms with Crippen LogP contribution in [0.1, 0.15) is 0 Å². The minimum absolute atomic E-state index is 0.0472. The summed E-state index contributed by atoms with van der Waals surface area (Å²) in [6.45, 7) is 1.53. The third-order valence-electron chi connectivity index (χ3n) is 4.00. The van der Waals surface area contributed by atoms with Crippen molar-refractivity contribution in [1.29, 1.82) is 0 Å². The summed E-state index contributed by atoms with van der Waals surface area (Å²) in [5.41, 5.74) is 0.114. The zero-order chi connectivity index (χ0) is 16.7. The normalized spacial score (nSPS) is 15.2. The molecule has 0 unspecified atom stereocenters. The molecule has 0 spiro atoms. The Morgan fingerprint density at radius 2 is 1.79 bits per heavy atom. The van der Waals surface area contributed by atoms with Crippen LogP contribution in [0.2, 0.25) is 5.15 Å². The predicted molar refractivity (Wildman–Crippen MR) is 92.9 cm³/mol. The monoisotopic (exact) mass is 366 g/mol. The van der Waals surface area contributed by atoms with E-state index in [-0.39, 0.29) is 16.3 Å². The molecule has 3 aromatic rings. The van der Waals surface area contributed by atoms with Gasteiger partial charge in [-0.15, -0.1) is 0 Å². The van der Waals surface area contributed by atoms with Crippen molar-refractivity contribution >= 4 is 35.0 Å². The molecule has 0 N–H and O–H groups in total. The van der Waals surface area contributed by atoms with Crippen LogP contribution in [0, 0.1) is 11.6 Å². The maximum absolute atomic E-state index is 14.4. The summed E-state index contributed by atoms with van der Waals surface area (Å²) >= 11 is 8.18. The van der Waals surface area contributed by atoms with Crippen molar-refractivity contribution in [2.24, 2.45) is 0 Å². The molecule has 2 aromatic heterocycles. The van der Waals surface area contributed by atoms with Crippen LogP contribution in [0.3, 0.4) is 0 Å². The van der Waals surface area contributed by atoms with Crippen LogP contribution in [0.15, 0.2) is 30.6 Å². The Morgan fingerprint density at radius 3 is 2.50 bits per heavy atom. The first kappa shape index (κ1) is 15.7. The van der Waals surface area contributed by atoms with E-state index in [1.54, 1.807) is 16.8 Å². The standard InChI is InChI=1S/C16H13ClF2N4S/c17-14-13(12-10(18)2-1-3-11(12)19)15(22-6-8-24-9-7-22)23-5-4-20-16(23)21-14/h1-5H,6-9H2. The largest absolute Gasteiger partial charge is 0.355 e. The topological polar surface area (TPSA) is 33.4 Å². The number of aromatic nitrogens is 3. The van der Waals surface area contributed by atoms with Crippen molar-refractivity contribution in [1.82, 2.24) is 14.4 Å². The lowest BCUT2D eigenvalue weighted by Crippen LogP contribution is -2.34. The van der Waals surface area contributed by atoms with Crippen molar-refractivity contribution in [3.05, 3.63) is 47.4 Å². The van der Waals surface area contributed by atoms with Gasteiger partial charge in [0.25, 0.3) is 0 Å². The van der Waals surface area contributed by atoms with Gasteiger partial charge in [-0.25, -0.2) is 13.8 Å². The van der Waals surface area contributed by atoms with Gasteiger partial charge >= 0.3 is 0 Å². The average Bonchev–Trinajstić information content (AvgIpc) is 3.03. The molecule has 0 amide bonds. The third kappa shape index (κ3) is 2.52. The SMILES string of the molecule is Fc1cccc(F)c1-c1c(Cl)nc2nccn2c1N1CCSCC1. The molecule has 1 aromatic carbocycles. The first-order valence-electron chi connectivity index (χ1n) is 7.46. The van der Waals surface area contributed by atoms with Crippen molar-refractivity contribution < 1.29 is 8.78 Å². The van der Waals surface area contributed by atoms with E-state index in [2.05, 4.69) is 14.9 Å². The van der Waals surface area contributed by atoms with Crippen LogP contribution < -0.4 is 4.90 Å². The maximum atomic E-state index is 14.4. The number of hydrogen-bond donors (Lipinski definition) is 0. The zero-order valence-corrected chi connectivity index (χ0v) is 14.1. The molecular formula is C16H13ClF2N4S. The van der Waals surface area contributed by atoms with E-state index >= 15 is 0 Å². The third-order valence-corrected chi connectivity index (χ3v) is 5.22. The van der Waals surface area contributed by atoms with E-state index in [1.165, 1.54) is 18.2 Å². The Labute approximate surface area is 146 Å². The summed E-state index contributed by atoms with van der Waals surface area (Å²) in [6.07, 6.45) is 3.33. The van der Waals surface area contributed by atoms with Crippen LogP contribution in [-0.2, 0) is 0 Å². The summed E-state index contributed by atoms with van der Waals surface area (Å²) in [5.74, 6) is 1.60. The number of rotatable bonds is 2. The summed E-state index contributed by atoms with van der Waals surface area (Å²) in [4.78, 5) is 10.4. The minimum atomic E-state index is -0.661. The summed E-state index contributed by atoms with van der Waals surface area (Å²) < 4.78 is 30.6. The highest BCUT2D eigenvalue weighted by atomic mass is 35.5. The highest BCUT2D eigenvalue weighted by Crippen LogP contribution is 2.39. The fraction of sp³-hybridized carbons (Fsp3) is 0.250. The van der Waals surface area contributed by atoms with Gasteiger partial charge in [-0.2, -0.15) is 16.7 Å². The number of imidazole rings is 1. The number of nitrogens with zero attached hydrogens (tertiary/aromatic N) is 4. The zero-order valence-electron chi connectivity index (χ0n) is 12.5. The molecule has 0 aliphatic carbocycles. The predicted octanol–water partition coefficient (Wildman–Crippen LogP) is 3.88. The van der Waals surface area contributed by atoms with Crippen LogP contribution >= 0.6 is 23.4 Å². The van der Waals surface area contributed by atoms with Gasteiger partial charge in [-0.3, -0.25) is 4.40 Å². The molecule has 4 rings (SSSR count). The molecule has 4 nitrogen and oxygen atoms in total. The van der Waals surface area contributed by atoms with Gasteiger partial charge in [-0.1, -0.05) is 17.7 Å². The quantitative estimate of drug-likeness (QED) is 0.644. The molecule has 3 heterocycles. The van der Waals surface area contributed by atoms with Gasteiger partial charge in [0.15, 0.2) is 0 Å². The van der Waals surface area contributed by atoms with Crippen LogP contribution in [-0.4, -0.2) is 39.0 Å². The number of halogens is 3. The van der Waals surface area contributed by atoms with Crippen LogP contribution in [0.25, 0.3) is 16.9 Å². The van der Waals surface area contributed by atoms with Crippen LogP contribution in [0.5, 0.6) is 0 Å². The van der Waals surface area contributed by atoms with Crippen molar-refractivity contribution in [2.75, 3.05) is 29.5 Å². The summed E-state index contributed by atoms with van der Waals surface area (Å²) in [7, 11) is 0. The number of hydrogen-bond acceptors (Lipinski definition) is 4. The molecular weight excluding hydrogens is 354 g/mol. The molecule has 1 aliphatic rings. The Morgan fingerprint density at radius 1 is 1.08 bits per heavy atom. The maximum Gasteiger partial charge on any atom is 0.236 e. The van der Waals surface area contributed by atoms with Crippen molar-refractivity contribution in [2.45, 2.75) is 0 Å². The molecule has 0 bridgehead atoms. The number of anilines is 1. The fourth-order valence-electron chi connectivity index (χ4n) is 2.94. The lowest BCUT2D eigenvalue weighted by atomic mass is 10.1. The van der Waals surface area contributed by atoms with Gasteiger partial charge in [0.1, 0.15) is 22.6 Å². The Bertz CT molecular complexity index is 888. The molecule has 0 radical (unpaired) electrons. The molecule has 1 saturated heterocycles. The second kappa shape index (κ2) is 6.22. The van der Waals surface area contributed by atoms with E-state index < -0.39 is 11.6 Å². The summed E-state index contributed by atoms with van der Waals surface area (Å²) in [6, 6.07) is 3.79. The van der Waals surface area contributed by atoms with E-state index in [1.807, 2.05) is 11.8 Å². The smallest absolute Gasteiger partial charge is 0.236 e. The number of benzene rings is 1. The van der Waals surface area contributed by atoms with E-state index in [4.69, 9.17) is 11.6 Å². The van der Waals surface area contributed by atoms with Crippen LogP contribution in [0.4, 0.5) is 14.6 Å². The molecule has 1 aliphatic heterocycles. The Kier molecular flexibility index (Phi) is 4.05. The average molecular weight is 367 g/mol. The highest BCUT2D eigenvalue weighted by molar-refractivity contribution is 7.99. The lowest BCUT2D eigenvalue weighted by Gasteiger charge is -2.31. The van der Waals surface area contributed by atoms with Gasteiger partial charge in [0.2, 0.25) is 5.78 Å². The van der Waals surface area contributed by atoms with Gasteiger partial charge in [0, 0.05) is 37.0 Å². The lowest BCUT2D eigenvalue weighted by molar-refractivity contribution is 0.589. The van der Waals surface area contributed by atoms with Gasteiger partial charge in [0.05, 0.1) is 11.1 Å². The molecule has 0 atom stereocenters. The molecule has 1 fully saturated rings. The number of fused-ring (bicyclic) bond motifs is 1. The highest BCUT2D eigenvalue weighted by Gasteiger charge is 2.26. The summed E-state index contributed by atoms with van der Waals surface area (Å²) in [5, 5.41) is 0.0472. The van der Waals surface area contributed by atoms with Gasteiger partial charge < -0.3 is 4.90 Å². The van der Waals surface area contributed by atoms with Crippen molar-refractivity contribution in [3.8, 4) is 11.1 Å². The molecule has 0 saturated carbocycles. The molecule has 8 heteroatoms. The second-order valence-electron chi connectivity index (χ2n) is 5.39. The fourth-order valence-corrected chi connectivity index (χ4v) is 4.09. The van der Waals surface area contributed by atoms with E-state index in [0.29, 0.717) is 11.6 Å². The first-order chi connectivity index (χ1) is 11.7. The van der Waals surface area contributed by atoms with Gasteiger partial charge in [-0.05, 0) is 12.1 Å².